The number of anilines is 2. The number of aryl methyl sites for hydroxylation is 1. The number of amides is 2. The SMILES string of the molecule is CCOC(=O)c1c(NC(=O)OC(C)(C)C)cc(CC)nc1NC(=O)OC(C)(C)C. The Kier molecular flexibility index (Phi) is 7.99. The van der Waals surface area contributed by atoms with E-state index >= 15 is 0 Å². The molecular formula is C20H31N3O6. The van der Waals surface area contributed by atoms with E-state index in [4.69, 9.17) is 14.2 Å². The molecule has 29 heavy (non-hydrogen) atoms. The van der Waals surface area contributed by atoms with Crippen LogP contribution in [0.2, 0.25) is 0 Å². The third-order valence-electron chi connectivity index (χ3n) is 3.17. The minimum Gasteiger partial charge on any atom is -0.462 e. The number of hydrogen-bond acceptors (Lipinski definition) is 7. The second-order valence-corrected chi connectivity index (χ2v) is 8.21. The molecule has 1 heterocycles. The van der Waals surface area contributed by atoms with Gasteiger partial charge < -0.3 is 14.2 Å². The van der Waals surface area contributed by atoms with Crippen molar-refractivity contribution < 1.29 is 28.6 Å². The molecule has 0 radical (unpaired) electrons. The van der Waals surface area contributed by atoms with Gasteiger partial charge in [-0.25, -0.2) is 19.4 Å². The number of carbonyl (C=O) groups excluding carboxylic acids is 3. The summed E-state index contributed by atoms with van der Waals surface area (Å²) in [6, 6.07) is 1.54. The normalized spacial score (nSPS) is 11.4. The molecule has 0 aromatic carbocycles. The van der Waals surface area contributed by atoms with E-state index in [1.807, 2.05) is 6.92 Å². The summed E-state index contributed by atoms with van der Waals surface area (Å²) in [6.07, 6.45) is -1.04. The van der Waals surface area contributed by atoms with E-state index in [2.05, 4.69) is 15.6 Å². The number of aromatic nitrogens is 1. The third-order valence-corrected chi connectivity index (χ3v) is 3.17. The molecule has 0 spiro atoms. The number of pyridine rings is 1. The van der Waals surface area contributed by atoms with Crippen molar-refractivity contribution in [2.24, 2.45) is 0 Å². The molecule has 0 unspecified atom stereocenters. The maximum atomic E-state index is 12.6. The van der Waals surface area contributed by atoms with E-state index in [1.54, 1.807) is 48.5 Å². The number of hydrogen-bond donors (Lipinski definition) is 2. The quantitative estimate of drug-likeness (QED) is 0.543. The van der Waals surface area contributed by atoms with Crippen LogP contribution in [0, 0.1) is 0 Å². The molecule has 0 aliphatic carbocycles. The van der Waals surface area contributed by atoms with Gasteiger partial charge in [0.2, 0.25) is 0 Å². The highest BCUT2D eigenvalue weighted by Crippen LogP contribution is 2.27. The van der Waals surface area contributed by atoms with Crippen molar-refractivity contribution in [1.82, 2.24) is 4.98 Å². The van der Waals surface area contributed by atoms with Gasteiger partial charge in [0.25, 0.3) is 0 Å². The highest BCUT2D eigenvalue weighted by Gasteiger charge is 2.26. The van der Waals surface area contributed by atoms with Crippen molar-refractivity contribution in [1.29, 1.82) is 0 Å². The lowest BCUT2D eigenvalue weighted by Gasteiger charge is -2.22. The first-order chi connectivity index (χ1) is 13.3. The Bertz CT molecular complexity index is 711. The number of ether oxygens (including phenoxy) is 3. The van der Waals surface area contributed by atoms with Gasteiger partial charge in [-0.2, -0.15) is 0 Å². The van der Waals surface area contributed by atoms with E-state index in [0.29, 0.717) is 12.1 Å². The minimum absolute atomic E-state index is 0.0666. The van der Waals surface area contributed by atoms with Crippen LogP contribution in [0.1, 0.15) is 71.4 Å². The smallest absolute Gasteiger partial charge is 0.413 e. The molecule has 2 amide bonds. The molecule has 2 N–H and O–H groups in total. The summed E-state index contributed by atoms with van der Waals surface area (Å²) >= 11 is 0. The Morgan fingerprint density at radius 3 is 1.90 bits per heavy atom. The van der Waals surface area contributed by atoms with Gasteiger partial charge in [0.05, 0.1) is 12.3 Å². The molecule has 1 aromatic heterocycles. The molecule has 9 nitrogen and oxygen atoms in total. The Labute approximate surface area is 171 Å². The molecule has 0 aliphatic heterocycles. The molecule has 0 saturated heterocycles. The Hall–Kier alpha value is -2.84. The Morgan fingerprint density at radius 2 is 1.45 bits per heavy atom. The topological polar surface area (TPSA) is 116 Å². The number of nitrogens with one attached hydrogen (secondary N) is 2. The highest BCUT2D eigenvalue weighted by molar-refractivity contribution is 6.06. The van der Waals surface area contributed by atoms with E-state index in [1.165, 1.54) is 6.07 Å². The summed E-state index contributed by atoms with van der Waals surface area (Å²) in [5.41, 5.74) is -0.910. The molecule has 162 valence electrons. The lowest BCUT2D eigenvalue weighted by atomic mass is 10.1. The van der Waals surface area contributed by atoms with Crippen LogP contribution >= 0.6 is 0 Å². The zero-order valence-electron chi connectivity index (χ0n) is 18.4. The molecule has 0 bridgehead atoms. The molecule has 0 fully saturated rings. The molecular weight excluding hydrogens is 378 g/mol. The average molecular weight is 409 g/mol. The van der Waals surface area contributed by atoms with Gasteiger partial charge in [-0.05, 0) is 61.0 Å². The van der Waals surface area contributed by atoms with E-state index in [-0.39, 0.29) is 23.7 Å². The van der Waals surface area contributed by atoms with Crippen LogP contribution in [0.5, 0.6) is 0 Å². The molecule has 1 aromatic rings. The number of carbonyl (C=O) groups is 3. The fourth-order valence-electron chi connectivity index (χ4n) is 2.19. The van der Waals surface area contributed by atoms with Gasteiger partial charge in [-0.15, -0.1) is 0 Å². The van der Waals surface area contributed by atoms with Crippen molar-refractivity contribution in [2.45, 2.75) is 73.0 Å². The van der Waals surface area contributed by atoms with Crippen LogP contribution in [0.25, 0.3) is 0 Å². The summed E-state index contributed by atoms with van der Waals surface area (Å²) in [7, 11) is 0. The van der Waals surface area contributed by atoms with Crippen molar-refractivity contribution in [2.75, 3.05) is 17.2 Å². The number of rotatable bonds is 5. The van der Waals surface area contributed by atoms with Gasteiger partial charge in [0.15, 0.2) is 5.82 Å². The van der Waals surface area contributed by atoms with Gasteiger partial charge >= 0.3 is 18.2 Å². The highest BCUT2D eigenvalue weighted by atomic mass is 16.6. The second kappa shape index (κ2) is 9.58. The van der Waals surface area contributed by atoms with Gasteiger partial charge in [-0.1, -0.05) is 6.92 Å². The third kappa shape index (κ3) is 8.37. The summed E-state index contributed by atoms with van der Waals surface area (Å²) < 4.78 is 15.6. The van der Waals surface area contributed by atoms with Gasteiger partial charge in [-0.3, -0.25) is 10.6 Å². The number of nitrogens with zero attached hydrogens (tertiary/aromatic N) is 1. The molecule has 0 atom stereocenters. The average Bonchev–Trinajstić information content (AvgIpc) is 2.50. The van der Waals surface area contributed by atoms with E-state index in [0.717, 1.165) is 0 Å². The predicted octanol–water partition coefficient (Wildman–Crippen LogP) is 4.51. The lowest BCUT2D eigenvalue weighted by molar-refractivity contribution is 0.0528. The van der Waals surface area contributed by atoms with Gasteiger partial charge in [0.1, 0.15) is 16.8 Å². The monoisotopic (exact) mass is 409 g/mol. The van der Waals surface area contributed by atoms with Crippen LogP contribution in [-0.2, 0) is 20.6 Å². The van der Waals surface area contributed by atoms with Gasteiger partial charge in [0, 0.05) is 5.69 Å². The lowest BCUT2D eigenvalue weighted by Crippen LogP contribution is -2.30. The maximum absolute atomic E-state index is 12.6. The second-order valence-electron chi connectivity index (χ2n) is 8.21. The standard InChI is InChI=1S/C20H31N3O6/c1-9-12-11-13(22-17(25)28-19(3,4)5)14(16(24)27-10-2)15(21-12)23-18(26)29-20(6,7)8/h11H,9-10H2,1-8H3,(H2,21,22,23,25,26). The van der Waals surface area contributed by atoms with Crippen molar-refractivity contribution in [3.63, 3.8) is 0 Å². The van der Waals surface area contributed by atoms with Crippen LogP contribution in [0.15, 0.2) is 6.07 Å². The first-order valence-electron chi connectivity index (χ1n) is 9.46. The summed E-state index contributed by atoms with van der Waals surface area (Å²) in [5.74, 6) is -0.817. The zero-order valence-corrected chi connectivity index (χ0v) is 18.4. The Balaban J connectivity index is 3.39. The van der Waals surface area contributed by atoms with Crippen LogP contribution < -0.4 is 10.6 Å². The first kappa shape index (κ1) is 24.2. The molecule has 9 heteroatoms. The van der Waals surface area contributed by atoms with Crippen LogP contribution in [0.4, 0.5) is 21.1 Å². The fourth-order valence-corrected chi connectivity index (χ4v) is 2.19. The molecule has 0 saturated carbocycles. The number of esters is 1. The van der Waals surface area contributed by atoms with E-state index in [9.17, 15) is 14.4 Å². The Morgan fingerprint density at radius 1 is 0.931 bits per heavy atom. The van der Waals surface area contributed by atoms with Crippen molar-refractivity contribution >= 4 is 29.7 Å². The zero-order chi connectivity index (χ0) is 22.4. The largest absolute Gasteiger partial charge is 0.462 e. The fraction of sp³-hybridized carbons (Fsp3) is 0.600. The van der Waals surface area contributed by atoms with Crippen molar-refractivity contribution in [3.05, 3.63) is 17.3 Å². The predicted molar refractivity (Wildman–Crippen MR) is 109 cm³/mol. The maximum Gasteiger partial charge on any atom is 0.413 e. The van der Waals surface area contributed by atoms with Crippen molar-refractivity contribution in [3.8, 4) is 0 Å². The van der Waals surface area contributed by atoms with Crippen LogP contribution in [-0.4, -0.2) is 40.9 Å². The minimum atomic E-state index is -0.785. The van der Waals surface area contributed by atoms with Crippen LogP contribution in [0.3, 0.4) is 0 Å². The summed E-state index contributed by atoms with van der Waals surface area (Å²) in [4.78, 5) is 41.4. The molecule has 1 rings (SSSR count). The van der Waals surface area contributed by atoms with E-state index < -0.39 is 29.4 Å². The summed E-state index contributed by atoms with van der Waals surface area (Å²) in [5, 5.41) is 5.03. The molecule has 0 aliphatic rings. The first-order valence-corrected chi connectivity index (χ1v) is 9.46. The summed E-state index contributed by atoms with van der Waals surface area (Å²) in [6.45, 7) is 13.9.